The molecule has 0 unspecified atom stereocenters. The quantitative estimate of drug-likeness (QED) is 0.701. The van der Waals surface area contributed by atoms with Crippen molar-refractivity contribution in [2.24, 2.45) is 0 Å². The molecular weight excluding hydrogens is 343 g/mol. The van der Waals surface area contributed by atoms with Crippen molar-refractivity contribution >= 4 is 33.4 Å². The minimum Gasteiger partial charge on any atom is -0.405 e. The highest BCUT2D eigenvalue weighted by Crippen LogP contribution is 2.32. The molecule has 108 valence electrons. The summed E-state index contributed by atoms with van der Waals surface area (Å²) < 4.78 is 40.4. The highest BCUT2D eigenvalue weighted by atomic mass is 79.9. The van der Waals surface area contributed by atoms with Gasteiger partial charge in [-0.1, -0.05) is 0 Å². The Kier molecular flexibility index (Phi) is 6.85. The van der Waals surface area contributed by atoms with Crippen molar-refractivity contribution in [1.29, 1.82) is 0 Å². The minimum absolute atomic E-state index is 0.236. The Hall–Kier alpha value is -0.560. The molecule has 0 aliphatic carbocycles. The first-order chi connectivity index (χ1) is 8.92. The number of anilines is 1. The SMILES string of the molecule is CSCCCCNc1ccc(OC(F)(F)F)c(Br)c1. The van der Waals surface area contributed by atoms with Crippen molar-refractivity contribution < 1.29 is 17.9 Å². The fourth-order valence-electron chi connectivity index (χ4n) is 1.42. The molecule has 0 bridgehead atoms. The first-order valence-corrected chi connectivity index (χ1v) is 7.89. The summed E-state index contributed by atoms with van der Waals surface area (Å²) in [5.74, 6) is 0.879. The molecule has 0 aliphatic rings. The summed E-state index contributed by atoms with van der Waals surface area (Å²) in [4.78, 5) is 0. The number of benzene rings is 1. The fraction of sp³-hybridized carbons (Fsp3) is 0.500. The van der Waals surface area contributed by atoms with Gasteiger partial charge in [-0.25, -0.2) is 0 Å². The van der Waals surface area contributed by atoms with E-state index in [4.69, 9.17) is 0 Å². The summed E-state index contributed by atoms with van der Waals surface area (Å²) in [6, 6.07) is 4.44. The second-order valence-electron chi connectivity index (χ2n) is 3.82. The Balaban J connectivity index is 2.47. The Labute approximate surface area is 123 Å². The molecule has 0 aliphatic heterocycles. The lowest BCUT2D eigenvalue weighted by atomic mass is 10.3. The van der Waals surface area contributed by atoms with Crippen LogP contribution < -0.4 is 10.1 Å². The van der Waals surface area contributed by atoms with Gasteiger partial charge in [0.05, 0.1) is 4.47 Å². The van der Waals surface area contributed by atoms with Gasteiger partial charge in [-0.2, -0.15) is 11.8 Å². The van der Waals surface area contributed by atoms with E-state index in [2.05, 4.69) is 32.2 Å². The van der Waals surface area contributed by atoms with Crippen LogP contribution in [0.4, 0.5) is 18.9 Å². The molecule has 7 heteroatoms. The maximum atomic E-state index is 12.1. The molecule has 1 aromatic rings. The van der Waals surface area contributed by atoms with E-state index in [-0.39, 0.29) is 10.2 Å². The Morgan fingerprint density at radius 3 is 2.63 bits per heavy atom. The maximum absolute atomic E-state index is 12.1. The molecule has 0 heterocycles. The van der Waals surface area contributed by atoms with Crippen LogP contribution in [0.1, 0.15) is 12.8 Å². The number of unbranched alkanes of at least 4 members (excludes halogenated alkanes) is 1. The van der Waals surface area contributed by atoms with Gasteiger partial charge in [0.15, 0.2) is 0 Å². The third-order valence-corrected chi connectivity index (χ3v) is 3.58. The third kappa shape index (κ3) is 6.96. The van der Waals surface area contributed by atoms with Crippen LogP contribution in [0, 0.1) is 0 Å². The normalized spacial score (nSPS) is 11.4. The zero-order valence-corrected chi connectivity index (χ0v) is 12.8. The third-order valence-electron chi connectivity index (χ3n) is 2.26. The van der Waals surface area contributed by atoms with E-state index >= 15 is 0 Å². The number of rotatable bonds is 7. The molecule has 19 heavy (non-hydrogen) atoms. The number of thioether (sulfide) groups is 1. The van der Waals surface area contributed by atoms with Gasteiger partial charge in [-0.15, -0.1) is 13.2 Å². The van der Waals surface area contributed by atoms with E-state index in [1.807, 2.05) is 0 Å². The summed E-state index contributed by atoms with van der Waals surface area (Å²) >= 11 is 4.86. The van der Waals surface area contributed by atoms with Crippen molar-refractivity contribution in [3.05, 3.63) is 22.7 Å². The Morgan fingerprint density at radius 1 is 1.32 bits per heavy atom. The Morgan fingerprint density at radius 2 is 2.05 bits per heavy atom. The monoisotopic (exact) mass is 357 g/mol. The van der Waals surface area contributed by atoms with Crippen molar-refractivity contribution in [3.8, 4) is 5.75 Å². The molecule has 0 atom stereocenters. The van der Waals surface area contributed by atoms with E-state index in [0.717, 1.165) is 30.8 Å². The lowest BCUT2D eigenvalue weighted by molar-refractivity contribution is -0.274. The van der Waals surface area contributed by atoms with Crippen LogP contribution in [0.2, 0.25) is 0 Å². The zero-order chi connectivity index (χ0) is 14.3. The second kappa shape index (κ2) is 7.89. The number of halogens is 4. The van der Waals surface area contributed by atoms with E-state index in [1.165, 1.54) is 6.07 Å². The summed E-state index contributed by atoms with van der Waals surface area (Å²) in [5, 5.41) is 3.16. The molecule has 0 spiro atoms. The van der Waals surface area contributed by atoms with Crippen LogP contribution in [0.3, 0.4) is 0 Å². The molecule has 0 saturated carbocycles. The second-order valence-corrected chi connectivity index (χ2v) is 5.66. The largest absolute Gasteiger partial charge is 0.573 e. The number of ether oxygens (including phenoxy) is 1. The molecule has 0 saturated heterocycles. The number of hydrogen-bond donors (Lipinski definition) is 1. The van der Waals surface area contributed by atoms with E-state index in [9.17, 15) is 13.2 Å². The van der Waals surface area contributed by atoms with Gasteiger partial charge in [0.25, 0.3) is 0 Å². The molecule has 1 aromatic carbocycles. The van der Waals surface area contributed by atoms with Crippen molar-refractivity contribution in [3.63, 3.8) is 0 Å². The van der Waals surface area contributed by atoms with Crippen molar-refractivity contribution in [2.45, 2.75) is 19.2 Å². The predicted molar refractivity (Wildman–Crippen MR) is 76.9 cm³/mol. The first-order valence-electron chi connectivity index (χ1n) is 5.70. The first kappa shape index (κ1) is 16.5. The van der Waals surface area contributed by atoms with Gasteiger partial charge in [0, 0.05) is 12.2 Å². The summed E-state index contributed by atoms with van der Waals surface area (Å²) in [7, 11) is 0. The maximum Gasteiger partial charge on any atom is 0.573 e. The van der Waals surface area contributed by atoms with E-state index < -0.39 is 6.36 Å². The minimum atomic E-state index is -4.67. The lowest BCUT2D eigenvalue weighted by Gasteiger charge is -2.12. The Bertz CT molecular complexity index is 401. The number of hydrogen-bond acceptors (Lipinski definition) is 3. The van der Waals surface area contributed by atoms with Crippen LogP contribution >= 0.6 is 27.7 Å². The van der Waals surface area contributed by atoms with E-state index in [0.29, 0.717) is 0 Å². The highest BCUT2D eigenvalue weighted by molar-refractivity contribution is 9.10. The molecular formula is C12H15BrF3NOS. The summed E-state index contributed by atoms with van der Waals surface area (Å²) in [6.07, 6.45) is -0.469. The molecule has 1 rings (SSSR count). The molecule has 0 radical (unpaired) electrons. The zero-order valence-electron chi connectivity index (χ0n) is 10.4. The van der Waals surface area contributed by atoms with Gasteiger partial charge in [0.1, 0.15) is 5.75 Å². The molecule has 1 N–H and O–H groups in total. The summed E-state index contributed by atoms with van der Waals surface area (Å²) in [5.41, 5.74) is 0.769. The van der Waals surface area contributed by atoms with Crippen LogP contribution in [0.5, 0.6) is 5.75 Å². The lowest BCUT2D eigenvalue weighted by Crippen LogP contribution is -2.17. The van der Waals surface area contributed by atoms with E-state index in [1.54, 1.807) is 23.9 Å². The smallest absolute Gasteiger partial charge is 0.405 e. The average Bonchev–Trinajstić information content (AvgIpc) is 2.31. The van der Waals surface area contributed by atoms with Crippen LogP contribution in [-0.2, 0) is 0 Å². The molecule has 0 fully saturated rings. The number of nitrogens with one attached hydrogen (secondary N) is 1. The topological polar surface area (TPSA) is 21.3 Å². The molecule has 2 nitrogen and oxygen atoms in total. The van der Waals surface area contributed by atoms with Crippen molar-refractivity contribution in [1.82, 2.24) is 0 Å². The van der Waals surface area contributed by atoms with Crippen LogP contribution in [0.15, 0.2) is 22.7 Å². The van der Waals surface area contributed by atoms with Gasteiger partial charge in [-0.3, -0.25) is 0 Å². The number of alkyl halides is 3. The predicted octanol–water partition coefficient (Wildman–Crippen LogP) is 4.90. The van der Waals surface area contributed by atoms with Crippen LogP contribution in [0.25, 0.3) is 0 Å². The standard InChI is InChI=1S/C12H15BrF3NOS/c1-19-7-3-2-6-17-9-4-5-11(10(13)8-9)18-12(14,15)16/h4-5,8,17H,2-3,6-7H2,1H3. The highest BCUT2D eigenvalue weighted by Gasteiger charge is 2.31. The van der Waals surface area contributed by atoms with Gasteiger partial charge in [-0.05, 0) is 59.0 Å². The van der Waals surface area contributed by atoms with Crippen LogP contribution in [-0.4, -0.2) is 24.9 Å². The van der Waals surface area contributed by atoms with Gasteiger partial charge >= 0.3 is 6.36 Å². The van der Waals surface area contributed by atoms with Gasteiger partial charge < -0.3 is 10.1 Å². The fourth-order valence-corrected chi connectivity index (χ4v) is 2.37. The van der Waals surface area contributed by atoms with Crippen molar-refractivity contribution in [2.75, 3.05) is 23.9 Å². The molecule has 0 aromatic heterocycles. The van der Waals surface area contributed by atoms with Gasteiger partial charge in [0.2, 0.25) is 0 Å². The molecule has 0 amide bonds. The summed E-state index contributed by atoms with van der Waals surface area (Å²) in [6.45, 7) is 0.798. The average molecular weight is 358 g/mol.